The molecule has 2 unspecified atom stereocenters. The second kappa shape index (κ2) is 11.9. The molecule has 2 heterocycles. The van der Waals surface area contributed by atoms with Crippen LogP contribution in [0.15, 0.2) is 48.7 Å². The van der Waals surface area contributed by atoms with Crippen molar-refractivity contribution in [3.63, 3.8) is 0 Å². The van der Waals surface area contributed by atoms with Crippen molar-refractivity contribution in [1.29, 1.82) is 0 Å². The maximum atomic E-state index is 15.9. The van der Waals surface area contributed by atoms with Gasteiger partial charge in [0.05, 0.1) is 28.3 Å². The molecule has 1 aromatic heterocycles. The van der Waals surface area contributed by atoms with Crippen LogP contribution >= 0.6 is 11.6 Å². The van der Waals surface area contributed by atoms with Crippen LogP contribution in [0.2, 0.25) is 5.02 Å². The first kappa shape index (κ1) is 29.2. The van der Waals surface area contributed by atoms with E-state index in [1.54, 1.807) is 13.1 Å². The summed E-state index contributed by atoms with van der Waals surface area (Å²) in [6.07, 6.45) is 3.10. The van der Waals surface area contributed by atoms with Crippen molar-refractivity contribution in [2.45, 2.75) is 63.4 Å². The van der Waals surface area contributed by atoms with Crippen LogP contribution in [0.25, 0.3) is 10.9 Å². The average Bonchev–Trinajstić information content (AvgIpc) is 3.63. The lowest BCUT2D eigenvalue weighted by atomic mass is 9.87. The third kappa shape index (κ3) is 5.89. The first-order chi connectivity index (χ1) is 19.6. The summed E-state index contributed by atoms with van der Waals surface area (Å²) >= 11 is 6.48. The summed E-state index contributed by atoms with van der Waals surface area (Å²) in [7, 11) is 1.86. The molecule has 41 heavy (non-hydrogen) atoms. The van der Waals surface area contributed by atoms with E-state index in [4.69, 9.17) is 16.3 Å². The number of carboxylic acids is 1. The molecule has 1 saturated carbocycles. The van der Waals surface area contributed by atoms with Crippen molar-refractivity contribution in [3.05, 3.63) is 64.8 Å². The minimum Gasteiger partial charge on any atom is -0.481 e. The van der Waals surface area contributed by atoms with Gasteiger partial charge in [-0.2, -0.15) is 0 Å². The molecule has 1 aliphatic heterocycles. The zero-order valence-electron chi connectivity index (χ0n) is 23.2. The normalized spacial score (nSPS) is 21.9. The molecule has 2 aliphatic rings. The molecular weight excluding hydrogens is 549 g/mol. The van der Waals surface area contributed by atoms with E-state index < -0.39 is 29.6 Å². The number of hydrogen-bond donors (Lipinski definition) is 2. The first-order valence-corrected chi connectivity index (χ1v) is 14.4. The number of nitrogens with one attached hydrogen (secondary N) is 1. The van der Waals surface area contributed by atoms with E-state index in [-0.39, 0.29) is 22.6 Å². The van der Waals surface area contributed by atoms with Gasteiger partial charge in [-0.3, -0.25) is 19.3 Å². The highest BCUT2D eigenvalue weighted by atomic mass is 35.5. The lowest BCUT2D eigenvalue weighted by Crippen LogP contribution is -2.56. The van der Waals surface area contributed by atoms with Crippen molar-refractivity contribution in [3.8, 4) is 0 Å². The summed E-state index contributed by atoms with van der Waals surface area (Å²) in [5.74, 6) is -2.31. The fourth-order valence-electron chi connectivity index (χ4n) is 6.07. The van der Waals surface area contributed by atoms with Crippen molar-refractivity contribution in [2.75, 3.05) is 18.4 Å². The largest absolute Gasteiger partial charge is 0.481 e. The van der Waals surface area contributed by atoms with Crippen LogP contribution in [0.1, 0.15) is 67.5 Å². The highest BCUT2D eigenvalue weighted by Gasteiger charge is 2.47. The van der Waals surface area contributed by atoms with E-state index in [1.807, 2.05) is 40.8 Å². The molecule has 1 saturated heterocycles. The standard InChI is InChI=1S/C31H35ClFN3O5/c1-31(36-15-5-6-16-36,41-21-12-9-19(10-13-21)30(39)40)28(37)27(33)20-11-14-25(24(32)17-20)34-29(38)23-18-35(2)26-8-4-3-7-22(23)26/h3-4,7-8,11,14,17-19,21,27H,5-6,9-10,12-13,15-16H2,1-2H3,(H,34,38)(H,39,40). The fraction of sp³-hybridized carbons (Fsp3) is 0.452. The molecule has 8 nitrogen and oxygen atoms in total. The number of halogens is 2. The minimum absolute atomic E-state index is 0.0757. The van der Waals surface area contributed by atoms with Gasteiger partial charge in [-0.15, -0.1) is 0 Å². The van der Waals surface area contributed by atoms with Gasteiger partial charge in [-0.05, 0) is 69.2 Å². The highest BCUT2D eigenvalue weighted by molar-refractivity contribution is 6.34. The third-order valence-corrected chi connectivity index (χ3v) is 8.80. The molecule has 3 aromatic rings. The maximum absolute atomic E-state index is 15.9. The van der Waals surface area contributed by atoms with Gasteiger partial charge in [-0.1, -0.05) is 35.9 Å². The molecule has 1 aliphatic carbocycles. The zero-order chi connectivity index (χ0) is 29.3. The summed E-state index contributed by atoms with van der Waals surface area (Å²) < 4.78 is 24.1. The number of carboxylic acid groups (broad SMARTS) is 1. The molecule has 2 N–H and O–H groups in total. The number of fused-ring (bicyclic) bond motifs is 1. The number of carbonyl (C=O) groups is 3. The Labute approximate surface area is 243 Å². The fourth-order valence-corrected chi connectivity index (χ4v) is 6.31. The highest BCUT2D eigenvalue weighted by Crippen LogP contribution is 2.37. The number of Topliss-reactive ketones (excluding diaryl/α,β-unsaturated/α-hetero) is 1. The van der Waals surface area contributed by atoms with E-state index in [1.165, 1.54) is 18.2 Å². The van der Waals surface area contributed by atoms with Crippen molar-refractivity contribution < 1.29 is 28.6 Å². The molecule has 0 radical (unpaired) electrons. The smallest absolute Gasteiger partial charge is 0.306 e. The van der Waals surface area contributed by atoms with Crippen molar-refractivity contribution >= 4 is 45.9 Å². The lowest BCUT2D eigenvalue weighted by molar-refractivity contribution is -0.194. The second-order valence-electron chi connectivity index (χ2n) is 11.2. The predicted octanol–water partition coefficient (Wildman–Crippen LogP) is 6.14. The molecule has 2 aromatic carbocycles. The van der Waals surface area contributed by atoms with E-state index in [2.05, 4.69) is 5.32 Å². The van der Waals surface area contributed by atoms with Gasteiger partial charge < -0.3 is 19.7 Å². The van der Waals surface area contributed by atoms with Crippen molar-refractivity contribution in [1.82, 2.24) is 9.47 Å². The van der Waals surface area contributed by atoms with Gasteiger partial charge >= 0.3 is 5.97 Å². The van der Waals surface area contributed by atoms with Gasteiger partial charge in [0.1, 0.15) is 0 Å². The number of likely N-dealkylation sites (tertiary alicyclic amines) is 1. The summed E-state index contributed by atoms with van der Waals surface area (Å²) in [4.78, 5) is 40.1. The molecule has 218 valence electrons. The Kier molecular flexibility index (Phi) is 8.50. The molecule has 10 heteroatoms. The number of aromatic nitrogens is 1. The van der Waals surface area contributed by atoms with E-state index in [0.717, 1.165) is 23.7 Å². The Balaban J connectivity index is 1.32. The van der Waals surface area contributed by atoms with Crippen LogP contribution in [-0.2, 0) is 21.4 Å². The number of ether oxygens (including phenoxy) is 1. The molecule has 0 spiro atoms. The van der Waals surface area contributed by atoms with Gasteiger partial charge in [-0.25, -0.2) is 4.39 Å². The maximum Gasteiger partial charge on any atom is 0.306 e. The summed E-state index contributed by atoms with van der Waals surface area (Å²) in [5.41, 5.74) is 0.284. The summed E-state index contributed by atoms with van der Waals surface area (Å²) in [6, 6.07) is 11.9. The Morgan fingerprint density at radius 1 is 1.10 bits per heavy atom. The number of amides is 1. The molecular formula is C31H35ClFN3O5. The number of aliphatic carboxylic acids is 1. The van der Waals surface area contributed by atoms with Gasteiger partial charge in [0.15, 0.2) is 11.9 Å². The monoisotopic (exact) mass is 583 g/mol. The Morgan fingerprint density at radius 2 is 1.78 bits per heavy atom. The van der Waals surface area contributed by atoms with Gasteiger partial charge in [0.25, 0.3) is 5.91 Å². The number of alkyl halides is 1. The van der Waals surface area contributed by atoms with E-state index in [0.29, 0.717) is 50.0 Å². The molecule has 2 fully saturated rings. The van der Waals surface area contributed by atoms with E-state index >= 15 is 4.39 Å². The molecule has 2 atom stereocenters. The quantitative estimate of drug-likeness (QED) is 0.314. The Bertz CT molecular complexity index is 1460. The predicted molar refractivity (Wildman–Crippen MR) is 155 cm³/mol. The van der Waals surface area contributed by atoms with Gasteiger partial charge in [0, 0.05) is 37.2 Å². The molecule has 5 rings (SSSR count). The SMILES string of the molecule is Cn1cc(C(=O)Nc2ccc(C(F)C(=O)C(C)(OC3CCC(C(=O)O)CC3)N3CCCC3)cc2Cl)c2ccccc21. The average molecular weight is 584 g/mol. The number of rotatable bonds is 9. The van der Waals surface area contributed by atoms with Crippen LogP contribution < -0.4 is 5.32 Å². The topological polar surface area (TPSA) is 101 Å². The second-order valence-corrected chi connectivity index (χ2v) is 11.6. The third-order valence-electron chi connectivity index (χ3n) is 8.49. The number of carbonyl (C=O) groups excluding carboxylic acids is 2. The summed E-state index contributed by atoms with van der Waals surface area (Å²) in [5, 5.41) is 13.0. The van der Waals surface area contributed by atoms with Crippen LogP contribution in [0.4, 0.5) is 10.1 Å². The number of benzene rings is 2. The van der Waals surface area contributed by atoms with Gasteiger partial charge in [0.2, 0.25) is 5.78 Å². The zero-order valence-corrected chi connectivity index (χ0v) is 24.0. The lowest BCUT2D eigenvalue weighted by Gasteiger charge is -2.41. The molecule has 0 bridgehead atoms. The Hall–Kier alpha value is -3.27. The molecule has 1 amide bonds. The van der Waals surface area contributed by atoms with Crippen LogP contribution in [0.5, 0.6) is 0 Å². The number of ketones is 1. The number of para-hydroxylation sites is 1. The summed E-state index contributed by atoms with van der Waals surface area (Å²) in [6.45, 7) is 2.84. The number of hydrogen-bond acceptors (Lipinski definition) is 5. The number of anilines is 1. The van der Waals surface area contributed by atoms with Crippen LogP contribution in [0.3, 0.4) is 0 Å². The van der Waals surface area contributed by atoms with Crippen LogP contribution in [0, 0.1) is 5.92 Å². The Morgan fingerprint density at radius 3 is 2.44 bits per heavy atom. The first-order valence-electron chi connectivity index (χ1n) is 14.1. The minimum atomic E-state index is -2.00. The number of nitrogens with zero attached hydrogens (tertiary/aromatic N) is 2. The van der Waals surface area contributed by atoms with Crippen molar-refractivity contribution in [2.24, 2.45) is 13.0 Å². The van der Waals surface area contributed by atoms with Crippen LogP contribution in [-0.4, -0.2) is 57.2 Å². The van der Waals surface area contributed by atoms with E-state index in [9.17, 15) is 19.5 Å². The number of aryl methyl sites for hydroxylation is 1.